The Morgan fingerprint density at radius 2 is 2.05 bits per heavy atom. The lowest BCUT2D eigenvalue weighted by atomic mass is 10.1. The summed E-state index contributed by atoms with van der Waals surface area (Å²) in [5.74, 6) is 1.33. The molecule has 1 heterocycles. The van der Waals surface area contributed by atoms with Crippen LogP contribution in [0.2, 0.25) is 0 Å². The maximum Gasteiger partial charge on any atom is 0.224 e. The van der Waals surface area contributed by atoms with Gasteiger partial charge in [0.1, 0.15) is 5.82 Å². The number of aromatic nitrogens is 2. The number of hydrogen-bond acceptors (Lipinski definition) is 4. The highest BCUT2D eigenvalue weighted by Crippen LogP contribution is 2.28. The van der Waals surface area contributed by atoms with Gasteiger partial charge in [-0.3, -0.25) is 0 Å². The highest BCUT2D eigenvalue weighted by molar-refractivity contribution is 9.10. The summed E-state index contributed by atoms with van der Waals surface area (Å²) in [5.41, 5.74) is 2.28. The summed E-state index contributed by atoms with van der Waals surface area (Å²) in [6, 6.07) is 6.16. The topological polar surface area (TPSA) is 49.8 Å². The lowest BCUT2D eigenvalue weighted by molar-refractivity contribution is 1.12. The summed E-state index contributed by atoms with van der Waals surface area (Å²) in [6.45, 7) is 2.13. The van der Waals surface area contributed by atoms with Crippen LogP contribution in [-0.4, -0.2) is 17.0 Å². The molecule has 100 valence electrons. The van der Waals surface area contributed by atoms with Gasteiger partial charge in [-0.15, -0.1) is 0 Å². The average molecular weight is 386 g/mol. The largest absolute Gasteiger partial charge is 0.357 e. The molecule has 0 spiro atoms. The summed E-state index contributed by atoms with van der Waals surface area (Å²) >= 11 is 6.94. The number of rotatable bonds is 4. The predicted octanol–water partition coefficient (Wildman–Crippen LogP) is 4.35. The van der Waals surface area contributed by atoms with Gasteiger partial charge in [-0.1, -0.05) is 22.9 Å². The van der Waals surface area contributed by atoms with Crippen molar-refractivity contribution in [2.45, 2.75) is 13.3 Å². The summed E-state index contributed by atoms with van der Waals surface area (Å²) in [6.07, 6.45) is 2.68. The Balaban J connectivity index is 2.35. The van der Waals surface area contributed by atoms with Gasteiger partial charge in [0.2, 0.25) is 5.95 Å². The Morgan fingerprint density at radius 1 is 1.26 bits per heavy atom. The average Bonchev–Trinajstić information content (AvgIpc) is 2.43. The Hall–Kier alpha value is -1.14. The van der Waals surface area contributed by atoms with Crippen LogP contribution in [-0.2, 0) is 6.42 Å². The number of anilines is 3. The molecule has 0 unspecified atom stereocenters. The van der Waals surface area contributed by atoms with E-state index in [0.717, 1.165) is 26.9 Å². The molecule has 0 fully saturated rings. The maximum absolute atomic E-state index is 4.39. The van der Waals surface area contributed by atoms with Gasteiger partial charge in [0.15, 0.2) is 0 Å². The van der Waals surface area contributed by atoms with Crippen LogP contribution in [0.15, 0.2) is 33.3 Å². The molecular weight excluding hydrogens is 372 g/mol. The molecule has 1 aromatic heterocycles. The van der Waals surface area contributed by atoms with Crippen molar-refractivity contribution in [2.75, 3.05) is 17.7 Å². The molecule has 19 heavy (non-hydrogen) atoms. The van der Waals surface area contributed by atoms with Crippen LogP contribution in [0.1, 0.15) is 12.5 Å². The number of nitrogens with zero attached hydrogens (tertiary/aromatic N) is 2. The first kappa shape index (κ1) is 14.3. The highest BCUT2D eigenvalue weighted by atomic mass is 79.9. The molecule has 0 saturated heterocycles. The molecule has 0 amide bonds. The van der Waals surface area contributed by atoms with Gasteiger partial charge in [-0.2, -0.15) is 4.98 Å². The maximum atomic E-state index is 4.39. The summed E-state index contributed by atoms with van der Waals surface area (Å²) in [5, 5.41) is 6.26. The van der Waals surface area contributed by atoms with E-state index in [9.17, 15) is 0 Å². The van der Waals surface area contributed by atoms with E-state index in [1.54, 1.807) is 13.2 Å². The highest BCUT2D eigenvalue weighted by Gasteiger charge is 2.07. The second-order valence-electron chi connectivity index (χ2n) is 3.92. The van der Waals surface area contributed by atoms with E-state index >= 15 is 0 Å². The van der Waals surface area contributed by atoms with Crippen LogP contribution < -0.4 is 10.6 Å². The summed E-state index contributed by atoms with van der Waals surface area (Å²) in [4.78, 5) is 8.53. The van der Waals surface area contributed by atoms with Crippen LogP contribution in [0.5, 0.6) is 0 Å². The van der Waals surface area contributed by atoms with E-state index < -0.39 is 0 Å². The van der Waals surface area contributed by atoms with Crippen molar-refractivity contribution < 1.29 is 0 Å². The number of aryl methyl sites for hydroxylation is 1. The quantitative estimate of drug-likeness (QED) is 0.821. The zero-order valence-electron chi connectivity index (χ0n) is 10.7. The Bertz CT molecular complexity index is 587. The molecule has 0 aliphatic rings. The minimum Gasteiger partial charge on any atom is -0.357 e. The predicted molar refractivity (Wildman–Crippen MR) is 86.1 cm³/mol. The van der Waals surface area contributed by atoms with Crippen molar-refractivity contribution in [3.05, 3.63) is 38.9 Å². The molecular formula is C13H14Br2N4. The van der Waals surface area contributed by atoms with E-state index in [-0.39, 0.29) is 0 Å². The standard InChI is InChI=1S/C13H14Br2N4/c1-3-8-6-9(14)4-5-11(8)18-12-10(15)7-17-13(16-2)19-12/h4-7H,3H2,1-2H3,(H2,16,17,18,19). The molecule has 0 bridgehead atoms. The van der Waals surface area contributed by atoms with Gasteiger partial charge in [-0.05, 0) is 46.1 Å². The monoisotopic (exact) mass is 384 g/mol. The second-order valence-corrected chi connectivity index (χ2v) is 5.69. The van der Waals surface area contributed by atoms with Gasteiger partial charge >= 0.3 is 0 Å². The minimum absolute atomic E-state index is 0.584. The van der Waals surface area contributed by atoms with Crippen molar-refractivity contribution in [2.24, 2.45) is 0 Å². The third-order valence-electron chi connectivity index (χ3n) is 2.67. The lowest BCUT2D eigenvalue weighted by Gasteiger charge is -2.12. The zero-order valence-corrected chi connectivity index (χ0v) is 13.8. The fourth-order valence-corrected chi connectivity index (χ4v) is 2.38. The van der Waals surface area contributed by atoms with Gasteiger partial charge < -0.3 is 10.6 Å². The lowest BCUT2D eigenvalue weighted by Crippen LogP contribution is -2.02. The molecule has 2 aromatic rings. The molecule has 6 heteroatoms. The van der Waals surface area contributed by atoms with Crippen molar-refractivity contribution in [3.8, 4) is 0 Å². The van der Waals surface area contributed by atoms with Crippen LogP contribution >= 0.6 is 31.9 Å². The first-order valence-electron chi connectivity index (χ1n) is 5.89. The Labute approximate surface area is 129 Å². The van der Waals surface area contributed by atoms with Crippen LogP contribution in [0.25, 0.3) is 0 Å². The van der Waals surface area contributed by atoms with Crippen molar-refractivity contribution in [3.63, 3.8) is 0 Å². The minimum atomic E-state index is 0.584. The van der Waals surface area contributed by atoms with Crippen molar-refractivity contribution in [1.82, 2.24) is 9.97 Å². The van der Waals surface area contributed by atoms with E-state index in [0.29, 0.717) is 5.95 Å². The third-order valence-corrected chi connectivity index (χ3v) is 3.74. The molecule has 0 atom stereocenters. The molecule has 2 N–H and O–H groups in total. The van der Waals surface area contributed by atoms with Crippen molar-refractivity contribution in [1.29, 1.82) is 0 Å². The SMILES string of the molecule is CCc1cc(Br)ccc1Nc1nc(NC)ncc1Br. The van der Waals surface area contributed by atoms with Gasteiger partial charge in [0.05, 0.1) is 4.47 Å². The smallest absolute Gasteiger partial charge is 0.224 e. The number of hydrogen-bond donors (Lipinski definition) is 2. The molecule has 0 aliphatic heterocycles. The molecule has 0 aliphatic carbocycles. The zero-order chi connectivity index (χ0) is 13.8. The fraction of sp³-hybridized carbons (Fsp3) is 0.231. The van der Waals surface area contributed by atoms with Crippen molar-refractivity contribution >= 4 is 49.3 Å². The van der Waals surface area contributed by atoms with E-state index in [1.165, 1.54) is 5.56 Å². The third kappa shape index (κ3) is 3.45. The second kappa shape index (κ2) is 6.34. The molecule has 4 nitrogen and oxygen atoms in total. The Morgan fingerprint density at radius 3 is 2.74 bits per heavy atom. The van der Waals surface area contributed by atoms with E-state index in [4.69, 9.17) is 0 Å². The van der Waals surface area contributed by atoms with Crippen LogP contribution in [0.4, 0.5) is 17.5 Å². The van der Waals surface area contributed by atoms with Gasteiger partial charge in [0, 0.05) is 23.4 Å². The fourth-order valence-electron chi connectivity index (χ4n) is 1.68. The first-order chi connectivity index (χ1) is 9.13. The van der Waals surface area contributed by atoms with E-state index in [2.05, 4.69) is 65.5 Å². The van der Waals surface area contributed by atoms with Crippen LogP contribution in [0, 0.1) is 0 Å². The number of nitrogens with one attached hydrogen (secondary N) is 2. The molecule has 0 saturated carbocycles. The van der Waals surface area contributed by atoms with E-state index in [1.807, 2.05) is 12.1 Å². The number of halogens is 2. The summed E-state index contributed by atoms with van der Waals surface area (Å²) in [7, 11) is 1.80. The molecule has 2 rings (SSSR count). The molecule has 0 radical (unpaired) electrons. The Kier molecular flexibility index (Phi) is 4.76. The van der Waals surface area contributed by atoms with Gasteiger partial charge in [-0.25, -0.2) is 4.98 Å². The molecule has 1 aromatic carbocycles. The summed E-state index contributed by atoms with van der Waals surface area (Å²) < 4.78 is 1.91. The number of benzene rings is 1. The normalized spacial score (nSPS) is 10.3. The van der Waals surface area contributed by atoms with Crippen LogP contribution in [0.3, 0.4) is 0 Å². The van der Waals surface area contributed by atoms with Gasteiger partial charge in [0.25, 0.3) is 0 Å². The first-order valence-corrected chi connectivity index (χ1v) is 7.48.